The second-order valence-corrected chi connectivity index (χ2v) is 10.9. The second kappa shape index (κ2) is 10.6. The average Bonchev–Trinajstić information content (AvgIpc) is 2.83. The quantitative estimate of drug-likeness (QED) is 0.658. The Kier molecular flexibility index (Phi) is 7.75. The first-order chi connectivity index (χ1) is 17.0. The second-order valence-electron chi connectivity index (χ2n) is 10.4. The number of ether oxygens (including phenoxy) is 1. The molecule has 0 radical (unpaired) electrons. The van der Waals surface area contributed by atoms with E-state index in [1.165, 1.54) is 4.90 Å². The van der Waals surface area contributed by atoms with E-state index in [9.17, 15) is 19.2 Å². The monoisotopic (exact) mass is 519 g/mol. The van der Waals surface area contributed by atoms with E-state index in [0.29, 0.717) is 48.5 Å². The molecule has 11 heteroatoms. The van der Waals surface area contributed by atoms with Crippen molar-refractivity contribution < 1.29 is 23.9 Å². The van der Waals surface area contributed by atoms with Crippen LogP contribution < -0.4 is 10.2 Å². The average molecular weight is 520 g/mol. The van der Waals surface area contributed by atoms with Crippen LogP contribution in [0.25, 0.3) is 0 Å². The summed E-state index contributed by atoms with van der Waals surface area (Å²) >= 11 is 6.32. The van der Waals surface area contributed by atoms with Gasteiger partial charge in [0.2, 0.25) is 5.91 Å². The van der Waals surface area contributed by atoms with Gasteiger partial charge in [-0.15, -0.1) is 0 Å². The first kappa shape index (κ1) is 26.2. The molecular formula is C25H34ClN5O5. The van der Waals surface area contributed by atoms with Crippen molar-refractivity contribution in [3.05, 3.63) is 28.8 Å². The molecule has 36 heavy (non-hydrogen) atoms. The lowest BCUT2D eigenvalue weighted by Gasteiger charge is -2.42. The van der Waals surface area contributed by atoms with Crippen molar-refractivity contribution in [2.75, 3.05) is 50.7 Å². The van der Waals surface area contributed by atoms with Crippen molar-refractivity contribution in [2.45, 2.75) is 51.7 Å². The number of hydrogen-bond acceptors (Lipinski definition) is 6. The summed E-state index contributed by atoms with van der Waals surface area (Å²) in [5, 5.41) is 2.63. The molecule has 3 aliphatic heterocycles. The minimum atomic E-state index is -0.537. The topological polar surface area (TPSA) is 102 Å². The Morgan fingerprint density at radius 2 is 1.64 bits per heavy atom. The van der Waals surface area contributed by atoms with Crippen molar-refractivity contribution in [2.24, 2.45) is 0 Å². The first-order valence-corrected chi connectivity index (χ1v) is 12.8. The fourth-order valence-corrected chi connectivity index (χ4v) is 5.08. The number of nitrogens with zero attached hydrogens (tertiary/aromatic N) is 4. The van der Waals surface area contributed by atoms with Gasteiger partial charge in [-0.3, -0.25) is 24.7 Å². The lowest BCUT2D eigenvalue weighted by molar-refractivity contribution is -0.120. The molecule has 1 aromatic carbocycles. The fourth-order valence-electron chi connectivity index (χ4n) is 4.86. The number of halogens is 1. The van der Waals surface area contributed by atoms with E-state index in [2.05, 4.69) is 10.2 Å². The molecule has 3 saturated heterocycles. The molecule has 3 fully saturated rings. The third-order valence-corrected chi connectivity index (χ3v) is 7.09. The van der Waals surface area contributed by atoms with E-state index < -0.39 is 11.6 Å². The molecule has 1 N–H and O–H groups in total. The Labute approximate surface area is 216 Å². The number of urea groups is 1. The fraction of sp³-hybridized carbons (Fsp3) is 0.600. The highest BCUT2D eigenvalue weighted by Gasteiger charge is 2.32. The zero-order chi connectivity index (χ0) is 26.0. The van der Waals surface area contributed by atoms with Gasteiger partial charge in [-0.05, 0) is 51.8 Å². The maximum absolute atomic E-state index is 13.2. The van der Waals surface area contributed by atoms with Gasteiger partial charge in [-0.25, -0.2) is 9.59 Å². The van der Waals surface area contributed by atoms with Crippen LogP contribution in [-0.2, 0) is 9.53 Å². The highest BCUT2D eigenvalue weighted by Crippen LogP contribution is 2.29. The minimum Gasteiger partial charge on any atom is -0.444 e. The van der Waals surface area contributed by atoms with Gasteiger partial charge in [-0.1, -0.05) is 11.6 Å². The Bertz CT molecular complexity index is 1030. The number of carbonyl (C=O) groups is 4. The van der Waals surface area contributed by atoms with Gasteiger partial charge in [0, 0.05) is 63.8 Å². The summed E-state index contributed by atoms with van der Waals surface area (Å²) in [5.74, 6) is -0.427. The molecule has 0 atom stereocenters. The first-order valence-electron chi connectivity index (χ1n) is 12.4. The van der Waals surface area contributed by atoms with Gasteiger partial charge < -0.3 is 14.5 Å². The molecule has 0 unspecified atom stereocenters. The van der Waals surface area contributed by atoms with E-state index in [0.717, 1.165) is 25.9 Å². The van der Waals surface area contributed by atoms with Crippen molar-refractivity contribution >= 4 is 41.2 Å². The molecule has 0 aliphatic carbocycles. The summed E-state index contributed by atoms with van der Waals surface area (Å²) in [7, 11) is 0. The summed E-state index contributed by atoms with van der Waals surface area (Å²) in [5.41, 5.74) is 0.381. The van der Waals surface area contributed by atoms with Crippen LogP contribution in [0.3, 0.4) is 0 Å². The normalized spacial score (nSPS) is 20.4. The van der Waals surface area contributed by atoms with Crippen molar-refractivity contribution in [3.8, 4) is 0 Å². The van der Waals surface area contributed by atoms with Gasteiger partial charge >= 0.3 is 12.1 Å². The summed E-state index contributed by atoms with van der Waals surface area (Å²) in [6, 6.07) is 4.74. The molecule has 0 bridgehead atoms. The number of hydrogen-bond donors (Lipinski definition) is 1. The maximum Gasteiger partial charge on any atom is 0.410 e. The van der Waals surface area contributed by atoms with Gasteiger partial charge in [-0.2, -0.15) is 0 Å². The lowest BCUT2D eigenvalue weighted by atomic mass is 10.0. The number of piperidine rings is 1. The van der Waals surface area contributed by atoms with Crippen LogP contribution in [0.2, 0.25) is 5.02 Å². The van der Waals surface area contributed by atoms with Crippen LogP contribution in [0.4, 0.5) is 15.3 Å². The van der Waals surface area contributed by atoms with Crippen molar-refractivity contribution in [1.29, 1.82) is 0 Å². The predicted octanol–water partition coefficient (Wildman–Crippen LogP) is 2.94. The summed E-state index contributed by atoms with van der Waals surface area (Å²) in [6.07, 6.45) is 1.63. The van der Waals surface area contributed by atoms with Crippen LogP contribution in [0.5, 0.6) is 0 Å². The van der Waals surface area contributed by atoms with E-state index >= 15 is 0 Å². The van der Waals surface area contributed by atoms with E-state index in [-0.39, 0.29) is 30.9 Å². The van der Waals surface area contributed by atoms with Gasteiger partial charge in [0.1, 0.15) is 5.60 Å². The van der Waals surface area contributed by atoms with Gasteiger partial charge in [0.25, 0.3) is 5.91 Å². The zero-order valence-corrected chi connectivity index (χ0v) is 21.8. The Hall–Kier alpha value is -2.85. The number of rotatable bonds is 3. The molecule has 3 aliphatic rings. The third kappa shape index (κ3) is 6.10. The Morgan fingerprint density at radius 3 is 2.25 bits per heavy atom. The molecule has 196 valence electrons. The minimum absolute atomic E-state index is 0.102. The number of nitrogens with one attached hydrogen (secondary N) is 1. The van der Waals surface area contributed by atoms with E-state index in [1.54, 1.807) is 23.1 Å². The van der Waals surface area contributed by atoms with Crippen LogP contribution in [0.15, 0.2) is 18.2 Å². The smallest absolute Gasteiger partial charge is 0.410 e. The number of likely N-dealkylation sites (tertiary alicyclic amines) is 1. The predicted molar refractivity (Wildman–Crippen MR) is 135 cm³/mol. The van der Waals surface area contributed by atoms with E-state index in [1.807, 2.05) is 25.7 Å². The third-order valence-electron chi connectivity index (χ3n) is 6.77. The number of carbonyl (C=O) groups excluding carboxylic acids is 4. The maximum atomic E-state index is 13.2. The number of piperazine rings is 1. The summed E-state index contributed by atoms with van der Waals surface area (Å²) < 4.78 is 5.48. The molecule has 0 saturated carbocycles. The lowest BCUT2D eigenvalue weighted by Crippen LogP contribution is -2.55. The number of imide groups is 1. The number of anilines is 1. The largest absolute Gasteiger partial charge is 0.444 e. The van der Waals surface area contributed by atoms with Gasteiger partial charge in [0.15, 0.2) is 0 Å². The Morgan fingerprint density at radius 1 is 0.972 bits per heavy atom. The van der Waals surface area contributed by atoms with Crippen molar-refractivity contribution in [3.63, 3.8) is 0 Å². The van der Waals surface area contributed by atoms with Crippen LogP contribution in [0, 0.1) is 0 Å². The SMILES string of the molecule is CC(C)(C)OC(=O)N1CCN(C2CCN(C(=O)c3ccc(Cl)c(N4CCC(=O)NC4=O)c3)CC2)CC1. The number of benzene rings is 1. The molecule has 3 heterocycles. The molecule has 1 aromatic rings. The van der Waals surface area contributed by atoms with Gasteiger partial charge in [0.05, 0.1) is 10.7 Å². The molecule has 10 nitrogen and oxygen atoms in total. The van der Waals surface area contributed by atoms with E-state index in [4.69, 9.17) is 16.3 Å². The van der Waals surface area contributed by atoms with Crippen LogP contribution in [0.1, 0.15) is 50.4 Å². The summed E-state index contributed by atoms with van der Waals surface area (Å²) in [6.45, 7) is 9.94. The highest BCUT2D eigenvalue weighted by atomic mass is 35.5. The van der Waals surface area contributed by atoms with Crippen LogP contribution in [-0.4, -0.2) is 96.1 Å². The zero-order valence-electron chi connectivity index (χ0n) is 21.1. The number of amides is 5. The summed E-state index contributed by atoms with van der Waals surface area (Å²) in [4.78, 5) is 56.7. The van der Waals surface area contributed by atoms with Crippen LogP contribution >= 0.6 is 11.6 Å². The molecule has 0 aromatic heterocycles. The molecule has 0 spiro atoms. The molecular weight excluding hydrogens is 486 g/mol. The molecule has 5 amide bonds. The Balaban J connectivity index is 1.31. The highest BCUT2D eigenvalue weighted by molar-refractivity contribution is 6.34. The standard InChI is InChI=1S/C25H34ClN5O5/c1-25(2,3)36-24(35)30-14-12-28(13-15-30)18-6-9-29(10-7-18)22(33)17-4-5-19(26)20(16-17)31-11-8-21(32)27-23(31)34/h4-5,16,18H,6-15H2,1-3H3,(H,27,32,34). The van der Waals surface area contributed by atoms with Crippen molar-refractivity contribution in [1.82, 2.24) is 20.0 Å². The molecule has 4 rings (SSSR count).